The van der Waals surface area contributed by atoms with Gasteiger partial charge in [0.05, 0.1) is 14.2 Å². The SMILES string of the molecule is CCCCCCCCCCCC(=O)N(CCc1ccc(OC)c(OC)c1)CC1CC2C=CC1C2. The van der Waals surface area contributed by atoms with Gasteiger partial charge in [-0.05, 0) is 61.1 Å². The van der Waals surface area contributed by atoms with E-state index < -0.39 is 0 Å². The van der Waals surface area contributed by atoms with Crippen LogP contribution in [0.2, 0.25) is 0 Å². The molecule has 190 valence electrons. The van der Waals surface area contributed by atoms with Gasteiger partial charge in [0.25, 0.3) is 0 Å². The van der Waals surface area contributed by atoms with Crippen LogP contribution in [0.1, 0.15) is 89.5 Å². The number of rotatable bonds is 17. The van der Waals surface area contributed by atoms with E-state index in [2.05, 4.69) is 30.0 Å². The zero-order valence-corrected chi connectivity index (χ0v) is 21.9. The summed E-state index contributed by atoms with van der Waals surface area (Å²) in [6.07, 6.45) is 20.4. The van der Waals surface area contributed by atoms with E-state index >= 15 is 0 Å². The number of hydrogen-bond acceptors (Lipinski definition) is 3. The number of nitrogens with zero attached hydrogens (tertiary/aromatic N) is 1. The van der Waals surface area contributed by atoms with Crippen LogP contribution in [0.25, 0.3) is 0 Å². The number of unbranched alkanes of at least 4 members (excludes halogenated alkanes) is 8. The predicted octanol–water partition coefficient (Wildman–Crippen LogP) is 7.21. The molecule has 4 nitrogen and oxygen atoms in total. The minimum absolute atomic E-state index is 0.343. The van der Waals surface area contributed by atoms with Gasteiger partial charge >= 0.3 is 0 Å². The van der Waals surface area contributed by atoms with Gasteiger partial charge in [0.2, 0.25) is 5.91 Å². The van der Waals surface area contributed by atoms with Gasteiger partial charge in [-0.2, -0.15) is 0 Å². The summed E-state index contributed by atoms with van der Waals surface area (Å²) in [5.41, 5.74) is 1.19. The molecule has 0 aliphatic heterocycles. The Morgan fingerprint density at radius 1 is 0.912 bits per heavy atom. The van der Waals surface area contributed by atoms with Crippen LogP contribution < -0.4 is 9.47 Å². The topological polar surface area (TPSA) is 38.8 Å². The molecule has 0 N–H and O–H groups in total. The summed E-state index contributed by atoms with van der Waals surface area (Å²) in [6, 6.07) is 6.09. The molecule has 1 amide bonds. The van der Waals surface area contributed by atoms with E-state index in [4.69, 9.17) is 9.47 Å². The number of carbonyl (C=O) groups excluding carboxylic acids is 1. The number of carbonyl (C=O) groups is 1. The molecule has 0 aromatic heterocycles. The van der Waals surface area contributed by atoms with Gasteiger partial charge in [-0.25, -0.2) is 0 Å². The maximum absolute atomic E-state index is 13.3. The first-order valence-electron chi connectivity index (χ1n) is 13.8. The van der Waals surface area contributed by atoms with Crippen molar-refractivity contribution >= 4 is 5.91 Å². The number of benzene rings is 1. The Labute approximate surface area is 208 Å². The molecule has 4 heteroatoms. The van der Waals surface area contributed by atoms with Crippen LogP contribution >= 0.6 is 0 Å². The van der Waals surface area contributed by atoms with Gasteiger partial charge < -0.3 is 14.4 Å². The highest BCUT2D eigenvalue weighted by Gasteiger charge is 2.36. The van der Waals surface area contributed by atoms with Crippen molar-refractivity contribution in [3.05, 3.63) is 35.9 Å². The van der Waals surface area contributed by atoms with Crippen molar-refractivity contribution in [1.82, 2.24) is 4.90 Å². The molecule has 2 aliphatic carbocycles. The molecule has 1 saturated carbocycles. The number of fused-ring (bicyclic) bond motifs is 2. The molecule has 0 radical (unpaired) electrons. The molecule has 1 fully saturated rings. The van der Waals surface area contributed by atoms with Gasteiger partial charge in [0, 0.05) is 19.5 Å². The fraction of sp³-hybridized carbons (Fsp3) is 0.700. The van der Waals surface area contributed by atoms with Crippen LogP contribution in [0, 0.1) is 17.8 Å². The third kappa shape index (κ3) is 8.06. The third-order valence-electron chi connectivity index (χ3n) is 7.84. The Kier molecular flexibility index (Phi) is 11.3. The number of amides is 1. The van der Waals surface area contributed by atoms with E-state index in [9.17, 15) is 4.79 Å². The van der Waals surface area contributed by atoms with E-state index in [1.54, 1.807) is 14.2 Å². The van der Waals surface area contributed by atoms with Crippen LogP contribution in [0.5, 0.6) is 11.5 Å². The van der Waals surface area contributed by atoms with Crippen LogP contribution in [0.3, 0.4) is 0 Å². The third-order valence-corrected chi connectivity index (χ3v) is 7.84. The summed E-state index contributed by atoms with van der Waals surface area (Å²) in [5, 5.41) is 0. The molecule has 1 aromatic carbocycles. The normalized spacial score (nSPS) is 20.6. The Balaban J connectivity index is 1.47. The van der Waals surface area contributed by atoms with E-state index in [0.717, 1.165) is 43.3 Å². The predicted molar refractivity (Wildman–Crippen MR) is 141 cm³/mol. The van der Waals surface area contributed by atoms with Crippen molar-refractivity contribution in [2.45, 2.75) is 90.4 Å². The smallest absolute Gasteiger partial charge is 0.222 e. The second kappa shape index (κ2) is 14.4. The van der Waals surface area contributed by atoms with Crippen LogP contribution in [0.15, 0.2) is 30.4 Å². The Bertz CT molecular complexity index is 774. The quantitative estimate of drug-likeness (QED) is 0.179. The minimum Gasteiger partial charge on any atom is -0.493 e. The van der Waals surface area contributed by atoms with Crippen LogP contribution in [0.4, 0.5) is 0 Å². The van der Waals surface area contributed by atoms with Crippen molar-refractivity contribution < 1.29 is 14.3 Å². The van der Waals surface area contributed by atoms with Gasteiger partial charge in [-0.3, -0.25) is 4.79 Å². The molecular weight excluding hydrogens is 422 g/mol. The maximum atomic E-state index is 13.3. The van der Waals surface area contributed by atoms with Crippen molar-refractivity contribution in [3.8, 4) is 11.5 Å². The molecule has 0 heterocycles. The Morgan fingerprint density at radius 2 is 1.62 bits per heavy atom. The molecule has 34 heavy (non-hydrogen) atoms. The lowest BCUT2D eigenvalue weighted by Gasteiger charge is -2.29. The average molecular weight is 470 g/mol. The van der Waals surface area contributed by atoms with Crippen molar-refractivity contribution in [2.24, 2.45) is 17.8 Å². The van der Waals surface area contributed by atoms with Gasteiger partial charge in [-0.15, -0.1) is 0 Å². The lowest BCUT2D eigenvalue weighted by atomic mass is 9.92. The summed E-state index contributed by atoms with van der Waals surface area (Å²) >= 11 is 0. The average Bonchev–Trinajstić information content (AvgIpc) is 3.48. The van der Waals surface area contributed by atoms with Crippen LogP contribution in [-0.2, 0) is 11.2 Å². The summed E-state index contributed by atoms with van der Waals surface area (Å²) in [7, 11) is 3.33. The fourth-order valence-electron chi connectivity index (χ4n) is 5.75. The van der Waals surface area contributed by atoms with E-state index in [-0.39, 0.29) is 0 Å². The first-order valence-corrected chi connectivity index (χ1v) is 13.8. The summed E-state index contributed by atoms with van der Waals surface area (Å²) in [4.78, 5) is 15.4. The highest BCUT2D eigenvalue weighted by molar-refractivity contribution is 5.76. The lowest BCUT2D eigenvalue weighted by Crippen LogP contribution is -2.38. The number of methoxy groups -OCH3 is 2. The number of hydrogen-bond donors (Lipinski definition) is 0. The summed E-state index contributed by atoms with van der Waals surface area (Å²) in [6.45, 7) is 3.96. The second-order valence-electron chi connectivity index (χ2n) is 10.4. The Morgan fingerprint density at radius 3 is 2.24 bits per heavy atom. The first-order chi connectivity index (χ1) is 16.6. The molecule has 3 atom stereocenters. The van der Waals surface area contributed by atoms with Gasteiger partial charge in [-0.1, -0.05) is 76.5 Å². The standard InChI is InChI=1S/C30H47NO3/c1-4-5-6-7-8-9-10-11-12-13-30(32)31(23-27-21-25-14-16-26(27)20-25)19-18-24-15-17-28(33-2)29(22-24)34-3/h14-17,22,25-27H,4-13,18-21,23H2,1-3H3. The van der Waals surface area contributed by atoms with Crippen molar-refractivity contribution in [2.75, 3.05) is 27.3 Å². The van der Waals surface area contributed by atoms with E-state index in [1.807, 2.05) is 12.1 Å². The molecular formula is C30H47NO3. The molecule has 2 aliphatic rings. The van der Waals surface area contributed by atoms with E-state index in [1.165, 1.54) is 69.8 Å². The molecule has 0 spiro atoms. The minimum atomic E-state index is 0.343. The molecule has 3 rings (SSSR count). The molecule has 1 aromatic rings. The van der Waals surface area contributed by atoms with E-state index in [0.29, 0.717) is 24.2 Å². The first kappa shape index (κ1) is 26.6. The van der Waals surface area contributed by atoms with Crippen LogP contribution in [-0.4, -0.2) is 38.1 Å². The summed E-state index contributed by atoms with van der Waals surface area (Å²) in [5.74, 6) is 3.90. The Hall–Kier alpha value is -1.97. The largest absolute Gasteiger partial charge is 0.493 e. The van der Waals surface area contributed by atoms with Crippen molar-refractivity contribution in [3.63, 3.8) is 0 Å². The maximum Gasteiger partial charge on any atom is 0.222 e. The zero-order chi connectivity index (χ0) is 24.2. The van der Waals surface area contributed by atoms with Gasteiger partial charge in [0.15, 0.2) is 11.5 Å². The highest BCUT2D eigenvalue weighted by atomic mass is 16.5. The second-order valence-corrected chi connectivity index (χ2v) is 10.4. The molecule has 2 bridgehead atoms. The lowest BCUT2D eigenvalue weighted by molar-refractivity contribution is -0.132. The van der Waals surface area contributed by atoms with Crippen molar-refractivity contribution in [1.29, 1.82) is 0 Å². The monoisotopic (exact) mass is 469 g/mol. The summed E-state index contributed by atoms with van der Waals surface area (Å²) < 4.78 is 10.8. The van der Waals surface area contributed by atoms with Gasteiger partial charge in [0.1, 0.15) is 0 Å². The molecule has 3 unspecified atom stereocenters. The number of allylic oxidation sites excluding steroid dienone is 2. The molecule has 0 saturated heterocycles. The fourth-order valence-corrected chi connectivity index (χ4v) is 5.75. The zero-order valence-electron chi connectivity index (χ0n) is 21.9. The highest BCUT2D eigenvalue weighted by Crippen LogP contribution is 2.43. The number of ether oxygens (including phenoxy) is 2.